The van der Waals surface area contributed by atoms with Crippen molar-refractivity contribution in [2.45, 2.75) is 39.0 Å². The van der Waals surface area contributed by atoms with E-state index in [1.54, 1.807) is 7.11 Å². The molecular weight excluding hydrogens is 208 g/mol. The van der Waals surface area contributed by atoms with Gasteiger partial charge in [0.15, 0.2) is 0 Å². The van der Waals surface area contributed by atoms with Crippen LogP contribution in [0.5, 0.6) is 5.75 Å². The molecular formula is C16H22O. The van der Waals surface area contributed by atoms with E-state index >= 15 is 0 Å². The lowest BCUT2D eigenvalue weighted by Crippen LogP contribution is -2.16. The van der Waals surface area contributed by atoms with Gasteiger partial charge in [0.2, 0.25) is 0 Å². The molecule has 1 nitrogen and oxygen atoms in total. The zero-order chi connectivity index (χ0) is 12.1. The quantitative estimate of drug-likeness (QED) is 0.732. The van der Waals surface area contributed by atoms with E-state index in [1.807, 2.05) is 12.1 Å². The third kappa shape index (κ3) is 3.36. The largest absolute Gasteiger partial charge is 0.497 e. The summed E-state index contributed by atoms with van der Waals surface area (Å²) in [5, 5.41) is 0. The van der Waals surface area contributed by atoms with Crippen molar-refractivity contribution in [1.29, 1.82) is 0 Å². The Balaban J connectivity index is 2.03. The van der Waals surface area contributed by atoms with E-state index in [4.69, 9.17) is 4.74 Å². The Morgan fingerprint density at radius 2 is 1.71 bits per heavy atom. The number of ether oxygens (including phenoxy) is 1. The molecule has 0 saturated heterocycles. The monoisotopic (exact) mass is 230 g/mol. The SMILES string of the molecule is COc1ccc(/C=C\C2(C)CCCCC2)cc1. The van der Waals surface area contributed by atoms with Crippen molar-refractivity contribution in [2.75, 3.05) is 7.11 Å². The maximum atomic E-state index is 5.16. The number of hydrogen-bond donors (Lipinski definition) is 0. The summed E-state index contributed by atoms with van der Waals surface area (Å²) in [5.74, 6) is 0.922. The van der Waals surface area contributed by atoms with Crippen LogP contribution < -0.4 is 4.74 Å². The summed E-state index contributed by atoms with van der Waals surface area (Å²) in [4.78, 5) is 0. The van der Waals surface area contributed by atoms with Crippen LogP contribution in [0.2, 0.25) is 0 Å². The topological polar surface area (TPSA) is 9.23 Å². The molecule has 0 atom stereocenters. The van der Waals surface area contributed by atoms with Gasteiger partial charge < -0.3 is 4.74 Å². The third-order valence-corrected chi connectivity index (χ3v) is 3.79. The highest BCUT2D eigenvalue weighted by atomic mass is 16.5. The molecule has 0 radical (unpaired) electrons. The molecule has 1 fully saturated rings. The third-order valence-electron chi connectivity index (χ3n) is 3.79. The zero-order valence-electron chi connectivity index (χ0n) is 10.9. The summed E-state index contributed by atoms with van der Waals surface area (Å²) in [7, 11) is 1.70. The van der Waals surface area contributed by atoms with Crippen LogP contribution in [0.4, 0.5) is 0 Å². The van der Waals surface area contributed by atoms with Gasteiger partial charge in [-0.2, -0.15) is 0 Å². The highest BCUT2D eigenvalue weighted by molar-refractivity contribution is 5.51. The minimum Gasteiger partial charge on any atom is -0.497 e. The highest BCUT2D eigenvalue weighted by Crippen LogP contribution is 2.37. The molecule has 0 aromatic heterocycles. The first-order valence-electron chi connectivity index (χ1n) is 6.55. The molecule has 1 aromatic carbocycles. The van der Waals surface area contributed by atoms with Gasteiger partial charge >= 0.3 is 0 Å². The van der Waals surface area contributed by atoms with E-state index in [9.17, 15) is 0 Å². The molecule has 2 rings (SSSR count). The van der Waals surface area contributed by atoms with Crippen LogP contribution in [-0.2, 0) is 0 Å². The first-order chi connectivity index (χ1) is 8.22. The van der Waals surface area contributed by atoms with Gasteiger partial charge in [0.05, 0.1) is 7.11 Å². The summed E-state index contributed by atoms with van der Waals surface area (Å²) < 4.78 is 5.16. The predicted molar refractivity (Wildman–Crippen MR) is 73.2 cm³/mol. The smallest absolute Gasteiger partial charge is 0.118 e. The second-order valence-corrected chi connectivity index (χ2v) is 5.32. The number of hydrogen-bond acceptors (Lipinski definition) is 1. The van der Waals surface area contributed by atoms with Crippen molar-refractivity contribution in [3.05, 3.63) is 35.9 Å². The molecule has 0 amide bonds. The Morgan fingerprint density at radius 3 is 2.29 bits per heavy atom. The molecule has 0 bridgehead atoms. The van der Waals surface area contributed by atoms with Crippen LogP contribution in [-0.4, -0.2) is 7.11 Å². The molecule has 1 aliphatic carbocycles. The second kappa shape index (κ2) is 5.39. The molecule has 1 saturated carbocycles. The van der Waals surface area contributed by atoms with Gasteiger partial charge in [0.1, 0.15) is 5.75 Å². The maximum Gasteiger partial charge on any atom is 0.118 e. The van der Waals surface area contributed by atoms with Crippen LogP contribution in [0.25, 0.3) is 6.08 Å². The van der Waals surface area contributed by atoms with E-state index < -0.39 is 0 Å². The lowest BCUT2D eigenvalue weighted by Gasteiger charge is -2.30. The molecule has 0 aliphatic heterocycles. The number of benzene rings is 1. The van der Waals surface area contributed by atoms with Crippen molar-refractivity contribution in [2.24, 2.45) is 5.41 Å². The van der Waals surface area contributed by atoms with Crippen LogP contribution in [0.1, 0.15) is 44.6 Å². The molecule has 92 valence electrons. The fourth-order valence-corrected chi connectivity index (χ4v) is 2.54. The molecule has 17 heavy (non-hydrogen) atoms. The summed E-state index contributed by atoms with van der Waals surface area (Å²) >= 11 is 0. The fourth-order valence-electron chi connectivity index (χ4n) is 2.54. The van der Waals surface area contributed by atoms with Crippen LogP contribution in [0.15, 0.2) is 30.3 Å². The molecule has 1 heteroatoms. The molecule has 0 spiro atoms. The molecule has 0 unspecified atom stereocenters. The van der Waals surface area contributed by atoms with Gasteiger partial charge in [-0.25, -0.2) is 0 Å². The lowest BCUT2D eigenvalue weighted by atomic mass is 9.75. The number of allylic oxidation sites excluding steroid dienone is 1. The molecule has 0 N–H and O–H groups in total. The minimum atomic E-state index is 0.415. The van der Waals surface area contributed by atoms with Crippen molar-refractivity contribution < 1.29 is 4.74 Å². The standard InChI is InChI=1S/C16H22O/c1-16(11-4-3-5-12-16)13-10-14-6-8-15(17-2)9-7-14/h6-10,13H,3-5,11-12H2,1-2H3/b13-10-. The van der Waals surface area contributed by atoms with E-state index in [2.05, 4.69) is 31.2 Å². The Bertz CT molecular complexity index is 369. The first kappa shape index (κ1) is 12.2. The van der Waals surface area contributed by atoms with Crippen molar-refractivity contribution in [1.82, 2.24) is 0 Å². The summed E-state index contributed by atoms with van der Waals surface area (Å²) in [6.45, 7) is 2.38. The van der Waals surface area contributed by atoms with Gasteiger partial charge in [-0.3, -0.25) is 0 Å². The van der Waals surface area contributed by atoms with E-state index in [-0.39, 0.29) is 0 Å². The van der Waals surface area contributed by atoms with Crippen molar-refractivity contribution >= 4 is 6.08 Å². The van der Waals surface area contributed by atoms with Gasteiger partial charge in [-0.05, 0) is 36.0 Å². The van der Waals surface area contributed by atoms with Gasteiger partial charge in [-0.1, -0.05) is 50.5 Å². The van der Waals surface area contributed by atoms with E-state index in [1.165, 1.54) is 37.7 Å². The Kier molecular flexibility index (Phi) is 3.88. The minimum absolute atomic E-state index is 0.415. The Labute approximate surface area is 104 Å². The summed E-state index contributed by atoms with van der Waals surface area (Å²) in [6, 6.07) is 8.26. The zero-order valence-corrected chi connectivity index (χ0v) is 10.9. The average molecular weight is 230 g/mol. The van der Waals surface area contributed by atoms with Gasteiger partial charge in [-0.15, -0.1) is 0 Å². The van der Waals surface area contributed by atoms with E-state index in [0.29, 0.717) is 5.41 Å². The fraction of sp³-hybridized carbons (Fsp3) is 0.500. The summed E-state index contributed by atoms with van der Waals surface area (Å²) in [5.41, 5.74) is 1.68. The molecule has 1 aromatic rings. The average Bonchev–Trinajstić information content (AvgIpc) is 2.38. The van der Waals surface area contributed by atoms with Crippen LogP contribution >= 0.6 is 0 Å². The Hall–Kier alpha value is -1.24. The highest BCUT2D eigenvalue weighted by Gasteiger charge is 2.23. The normalized spacial score (nSPS) is 19.4. The predicted octanol–water partition coefficient (Wildman–Crippen LogP) is 4.68. The number of methoxy groups -OCH3 is 1. The van der Waals surface area contributed by atoms with Gasteiger partial charge in [0.25, 0.3) is 0 Å². The first-order valence-corrected chi connectivity index (χ1v) is 6.55. The number of rotatable bonds is 3. The van der Waals surface area contributed by atoms with Crippen molar-refractivity contribution in [3.8, 4) is 5.75 Å². The van der Waals surface area contributed by atoms with Crippen LogP contribution in [0, 0.1) is 5.41 Å². The lowest BCUT2D eigenvalue weighted by molar-refractivity contribution is 0.287. The molecule has 1 aliphatic rings. The van der Waals surface area contributed by atoms with Crippen LogP contribution in [0.3, 0.4) is 0 Å². The second-order valence-electron chi connectivity index (χ2n) is 5.32. The van der Waals surface area contributed by atoms with E-state index in [0.717, 1.165) is 5.75 Å². The Morgan fingerprint density at radius 1 is 1.06 bits per heavy atom. The molecule has 0 heterocycles. The van der Waals surface area contributed by atoms with Crippen molar-refractivity contribution in [3.63, 3.8) is 0 Å². The maximum absolute atomic E-state index is 5.16. The van der Waals surface area contributed by atoms with Gasteiger partial charge in [0, 0.05) is 0 Å². The summed E-state index contributed by atoms with van der Waals surface area (Å²) in [6.07, 6.45) is 11.5.